The van der Waals surface area contributed by atoms with Crippen molar-refractivity contribution in [2.45, 2.75) is 26.2 Å². The molecular weight excluding hydrogens is 220 g/mol. The van der Waals surface area contributed by atoms with Crippen molar-refractivity contribution in [3.63, 3.8) is 0 Å². The fourth-order valence-corrected chi connectivity index (χ4v) is 1.85. The molecule has 2 rings (SSSR count). The van der Waals surface area contributed by atoms with Gasteiger partial charge in [-0.3, -0.25) is 4.79 Å². The van der Waals surface area contributed by atoms with Crippen LogP contribution in [0.25, 0.3) is 0 Å². The van der Waals surface area contributed by atoms with Gasteiger partial charge in [-0.1, -0.05) is 35.9 Å². The number of aliphatic carboxylic acids is 1. The average molecular weight is 238 g/mol. The van der Waals surface area contributed by atoms with E-state index in [1.807, 2.05) is 18.2 Å². The van der Waals surface area contributed by atoms with Crippen molar-refractivity contribution in [1.29, 1.82) is 0 Å². The van der Waals surface area contributed by atoms with Crippen molar-refractivity contribution in [1.82, 2.24) is 0 Å². The highest BCUT2D eigenvalue weighted by molar-refractivity contribution is 7.80. The number of aryl methyl sites for hydroxylation is 1. The highest BCUT2D eigenvalue weighted by Crippen LogP contribution is 2.49. The molecule has 0 saturated heterocycles. The van der Waals surface area contributed by atoms with E-state index in [1.54, 1.807) is 0 Å². The molecule has 1 aromatic carbocycles. The number of carboxylic acid groups (broad SMARTS) is 1. The first-order chi connectivity index (χ1) is 7.58. The van der Waals surface area contributed by atoms with Crippen molar-refractivity contribution in [2.24, 2.45) is 5.41 Å². The predicted molar refractivity (Wildman–Crippen MR) is 69.0 cm³/mol. The maximum atomic E-state index is 10.2. The largest absolute Gasteiger partial charge is 0.481 e. The van der Waals surface area contributed by atoms with Crippen LogP contribution in [0.1, 0.15) is 24.8 Å². The fourth-order valence-electron chi connectivity index (χ4n) is 1.42. The molecule has 0 bridgehead atoms. The molecule has 1 N–H and O–H groups in total. The number of carboxylic acids is 1. The van der Waals surface area contributed by atoms with E-state index in [0.717, 1.165) is 18.6 Å². The van der Waals surface area contributed by atoms with Crippen LogP contribution in [0.15, 0.2) is 30.3 Å². The van der Waals surface area contributed by atoms with Crippen molar-refractivity contribution in [3.05, 3.63) is 35.9 Å². The second kappa shape index (κ2) is 5.94. The highest BCUT2D eigenvalue weighted by Gasteiger charge is 2.42. The van der Waals surface area contributed by atoms with Crippen LogP contribution in [0.5, 0.6) is 0 Å². The molecule has 0 heterocycles. The average Bonchev–Trinajstić information content (AvgIpc) is 3.00. The van der Waals surface area contributed by atoms with Crippen LogP contribution in [-0.2, 0) is 4.79 Å². The van der Waals surface area contributed by atoms with Crippen LogP contribution in [-0.4, -0.2) is 16.8 Å². The maximum Gasteiger partial charge on any atom is 0.303 e. The monoisotopic (exact) mass is 238 g/mol. The predicted octanol–water partition coefficient (Wildman–Crippen LogP) is 3.17. The summed E-state index contributed by atoms with van der Waals surface area (Å²) in [5.74, 6) is 0.0285. The number of thiol groups is 1. The first-order valence-electron chi connectivity index (χ1n) is 5.42. The van der Waals surface area contributed by atoms with Crippen LogP contribution in [0.2, 0.25) is 0 Å². The Morgan fingerprint density at radius 3 is 2.12 bits per heavy atom. The SMILES string of the molecule is Cc1ccccc1.O=C(O)CC1(CS)CC1. The Morgan fingerprint density at radius 2 is 1.94 bits per heavy atom. The lowest BCUT2D eigenvalue weighted by molar-refractivity contribution is -0.138. The Morgan fingerprint density at radius 1 is 1.38 bits per heavy atom. The Bertz CT molecular complexity index is 331. The highest BCUT2D eigenvalue weighted by atomic mass is 32.1. The molecule has 0 radical (unpaired) electrons. The molecule has 1 saturated carbocycles. The maximum absolute atomic E-state index is 10.2. The molecule has 0 aromatic heterocycles. The number of hydrogen-bond donors (Lipinski definition) is 2. The molecule has 3 heteroatoms. The Kier molecular flexibility index (Phi) is 4.87. The molecule has 1 aliphatic carbocycles. The van der Waals surface area contributed by atoms with Gasteiger partial charge in [0.25, 0.3) is 0 Å². The van der Waals surface area contributed by atoms with E-state index >= 15 is 0 Å². The zero-order valence-electron chi connectivity index (χ0n) is 9.52. The van der Waals surface area contributed by atoms with Crippen LogP contribution in [0.3, 0.4) is 0 Å². The number of carbonyl (C=O) groups is 1. The first-order valence-corrected chi connectivity index (χ1v) is 6.05. The minimum Gasteiger partial charge on any atom is -0.481 e. The number of benzene rings is 1. The summed E-state index contributed by atoms with van der Waals surface area (Å²) in [5, 5.41) is 8.39. The second-order valence-corrected chi connectivity index (χ2v) is 4.70. The van der Waals surface area contributed by atoms with Crippen LogP contribution >= 0.6 is 12.6 Å². The van der Waals surface area contributed by atoms with Gasteiger partial charge in [0.15, 0.2) is 0 Å². The molecule has 0 amide bonds. The fraction of sp³-hybridized carbons (Fsp3) is 0.462. The quantitative estimate of drug-likeness (QED) is 0.794. The minimum absolute atomic E-state index is 0.0783. The summed E-state index contributed by atoms with van der Waals surface area (Å²) < 4.78 is 0. The smallest absolute Gasteiger partial charge is 0.303 e. The summed E-state index contributed by atoms with van der Waals surface area (Å²) in [6.45, 7) is 2.08. The molecular formula is C13H18O2S. The summed E-state index contributed by atoms with van der Waals surface area (Å²) in [6, 6.07) is 10.3. The third-order valence-corrected chi connectivity index (χ3v) is 3.43. The third kappa shape index (κ3) is 4.71. The first kappa shape index (κ1) is 13.1. The van der Waals surface area contributed by atoms with Gasteiger partial charge in [-0.05, 0) is 30.9 Å². The Labute approximate surface area is 102 Å². The van der Waals surface area contributed by atoms with Crippen molar-refractivity contribution < 1.29 is 9.90 Å². The van der Waals surface area contributed by atoms with E-state index in [0.29, 0.717) is 6.42 Å². The summed E-state index contributed by atoms with van der Waals surface area (Å²) in [5.41, 5.74) is 1.40. The topological polar surface area (TPSA) is 37.3 Å². The molecule has 0 unspecified atom stereocenters. The van der Waals surface area contributed by atoms with E-state index in [4.69, 9.17) is 5.11 Å². The van der Waals surface area contributed by atoms with Gasteiger partial charge in [0, 0.05) is 0 Å². The molecule has 16 heavy (non-hydrogen) atoms. The normalized spacial score (nSPS) is 15.9. The molecule has 0 aliphatic heterocycles. The number of hydrogen-bond acceptors (Lipinski definition) is 2. The van der Waals surface area contributed by atoms with Gasteiger partial charge in [0.1, 0.15) is 0 Å². The Hall–Kier alpha value is -0.960. The molecule has 0 spiro atoms. The third-order valence-electron chi connectivity index (χ3n) is 2.76. The van der Waals surface area contributed by atoms with E-state index in [1.165, 1.54) is 5.56 Å². The Balaban J connectivity index is 0.000000165. The standard InChI is InChI=1S/C7H8.C6H10O2S/c1-7-5-3-2-4-6-7;7-5(8)3-6(4-9)1-2-6/h2-6H,1H3;9H,1-4H2,(H,7,8). The van der Waals surface area contributed by atoms with Crippen molar-refractivity contribution in [3.8, 4) is 0 Å². The summed E-state index contributed by atoms with van der Waals surface area (Å²) >= 11 is 4.07. The number of rotatable bonds is 3. The lowest BCUT2D eigenvalue weighted by atomic mass is 10.1. The van der Waals surface area contributed by atoms with Gasteiger partial charge >= 0.3 is 5.97 Å². The lowest BCUT2D eigenvalue weighted by Crippen LogP contribution is -2.09. The van der Waals surface area contributed by atoms with Gasteiger partial charge in [0.2, 0.25) is 0 Å². The zero-order valence-corrected chi connectivity index (χ0v) is 10.4. The van der Waals surface area contributed by atoms with Gasteiger partial charge in [0.05, 0.1) is 6.42 Å². The van der Waals surface area contributed by atoms with Crippen LogP contribution < -0.4 is 0 Å². The molecule has 1 fully saturated rings. The van der Waals surface area contributed by atoms with E-state index in [9.17, 15) is 4.79 Å². The summed E-state index contributed by atoms with van der Waals surface area (Å²) in [4.78, 5) is 10.2. The zero-order chi connectivity index (χ0) is 12.0. The van der Waals surface area contributed by atoms with E-state index in [-0.39, 0.29) is 5.41 Å². The van der Waals surface area contributed by atoms with Crippen molar-refractivity contribution >= 4 is 18.6 Å². The van der Waals surface area contributed by atoms with Gasteiger partial charge in [-0.15, -0.1) is 0 Å². The van der Waals surface area contributed by atoms with Crippen LogP contribution in [0.4, 0.5) is 0 Å². The van der Waals surface area contributed by atoms with Gasteiger partial charge in [-0.2, -0.15) is 12.6 Å². The van der Waals surface area contributed by atoms with Crippen molar-refractivity contribution in [2.75, 3.05) is 5.75 Å². The second-order valence-electron chi connectivity index (χ2n) is 4.38. The summed E-state index contributed by atoms with van der Waals surface area (Å²) in [6.07, 6.45) is 2.39. The van der Waals surface area contributed by atoms with Crippen LogP contribution in [0, 0.1) is 12.3 Å². The van der Waals surface area contributed by atoms with Gasteiger partial charge in [-0.25, -0.2) is 0 Å². The van der Waals surface area contributed by atoms with E-state index in [2.05, 4.69) is 31.7 Å². The van der Waals surface area contributed by atoms with E-state index < -0.39 is 5.97 Å². The molecule has 1 aromatic rings. The molecule has 0 atom stereocenters. The lowest BCUT2D eigenvalue weighted by Gasteiger charge is -2.05. The van der Waals surface area contributed by atoms with Gasteiger partial charge < -0.3 is 5.11 Å². The molecule has 2 nitrogen and oxygen atoms in total. The molecule has 88 valence electrons. The summed E-state index contributed by atoms with van der Waals surface area (Å²) in [7, 11) is 0. The minimum atomic E-state index is -0.693. The molecule has 1 aliphatic rings.